The summed E-state index contributed by atoms with van der Waals surface area (Å²) in [6.07, 6.45) is 5.39. The molecule has 3 N–H and O–H groups in total. The molecule has 1 aromatic carbocycles. The van der Waals surface area contributed by atoms with E-state index in [-0.39, 0.29) is 10.8 Å². The van der Waals surface area contributed by atoms with Crippen LogP contribution in [0.3, 0.4) is 0 Å². The number of carbonyl (C=O) groups excluding carboxylic acids is 1. The minimum Gasteiger partial charge on any atom is -0.495 e. The second kappa shape index (κ2) is 6.13. The third kappa shape index (κ3) is 3.50. The molecule has 23 heavy (non-hydrogen) atoms. The topological polar surface area (TPSA) is 98.5 Å². The van der Waals surface area contributed by atoms with Gasteiger partial charge in [0.2, 0.25) is 15.9 Å². The van der Waals surface area contributed by atoms with Crippen molar-refractivity contribution in [3.8, 4) is 5.75 Å². The fraction of sp³-hybridized carbons (Fsp3) is 0.562. The number of hydrogen-bond donors (Lipinski definition) is 2. The summed E-state index contributed by atoms with van der Waals surface area (Å²) in [7, 11) is -2.35. The number of benzene rings is 1. The van der Waals surface area contributed by atoms with Crippen molar-refractivity contribution >= 4 is 21.6 Å². The van der Waals surface area contributed by atoms with E-state index in [1.54, 1.807) is 0 Å². The highest BCUT2D eigenvalue weighted by molar-refractivity contribution is 7.89. The van der Waals surface area contributed by atoms with Crippen LogP contribution in [0.1, 0.15) is 32.1 Å². The van der Waals surface area contributed by atoms with Crippen molar-refractivity contribution in [3.63, 3.8) is 0 Å². The molecular formula is C16H22N2O4S. The zero-order valence-corrected chi connectivity index (χ0v) is 13.9. The second-order valence-corrected chi connectivity index (χ2v) is 8.16. The number of anilines is 1. The first-order valence-electron chi connectivity index (χ1n) is 7.87. The van der Waals surface area contributed by atoms with Crippen LogP contribution in [0.5, 0.6) is 5.75 Å². The highest BCUT2D eigenvalue weighted by Crippen LogP contribution is 2.49. The van der Waals surface area contributed by atoms with Gasteiger partial charge in [-0.2, -0.15) is 0 Å². The Kier molecular flexibility index (Phi) is 4.33. The van der Waals surface area contributed by atoms with E-state index in [4.69, 9.17) is 9.88 Å². The molecular weight excluding hydrogens is 316 g/mol. The molecule has 2 bridgehead atoms. The summed E-state index contributed by atoms with van der Waals surface area (Å²) in [4.78, 5) is 12.3. The fourth-order valence-corrected chi connectivity index (χ4v) is 4.57. The Morgan fingerprint density at radius 1 is 1.35 bits per heavy atom. The van der Waals surface area contributed by atoms with E-state index >= 15 is 0 Å². The summed E-state index contributed by atoms with van der Waals surface area (Å²) in [6, 6.07) is 4.19. The molecule has 3 rings (SSSR count). The molecule has 0 radical (unpaired) electrons. The van der Waals surface area contributed by atoms with E-state index in [2.05, 4.69) is 5.32 Å². The number of ether oxygens (including phenoxy) is 1. The van der Waals surface area contributed by atoms with Gasteiger partial charge in [-0.25, -0.2) is 13.6 Å². The Labute approximate surface area is 136 Å². The number of nitrogens with one attached hydrogen (secondary N) is 1. The maximum atomic E-state index is 12.3. The van der Waals surface area contributed by atoms with Crippen molar-refractivity contribution in [1.82, 2.24) is 0 Å². The Morgan fingerprint density at radius 3 is 2.70 bits per heavy atom. The first-order valence-corrected chi connectivity index (χ1v) is 9.42. The molecule has 2 saturated carbocycles. The van der Waals surface area contributed by atoms with Gasteiger partial charge in [0.15, 0.2) is 0 Å². The van der Waals surface area contributed by atoms with Gasteiger partial charge in [0, 0.05) is 6.42 Å². The maximum Gasteiger partial charge on any atom is 0.238 e. The highest BCUT2D eigenvalue weighted by atomic mass is 32.2. The number of rotatable bonds is 5. The first-order chi connectivity index (χ1) is 10.9. The zero-order valence-electron chi connectivity index (χ0n) is 13.1. The lowest BCUT2D eigenvalue weighted by atomic mass is 9.86. The van der Waals surface area contributed by atoms with Crippen LogP contribution in [0.2, 0.25) is 0 Å². The number of sulfonamides is 1. The molecule has 0 saturated heterocycles. The molecule has 2 fully saturated rings. The smallest absolute Gasteiger partial charge is 0.238 e. The standard InChI is InChI=1S/C16H22N2O4S/c1-22-15-5-4-13(23(17,20)21)9-14(15)18-16(19)8-12-7-10-2-3-11(12)6-10/h4-5,9-12H,2-3,6-8H2,1H3,(H,18,19)(H2,17,20,21). The molecule has 7 heteroatoms. The lowest BCUT2D eigenvalue weighted by Gasteiger charge is -2.21. The van der Waals surface area contributed by atoms with Crippen LogP contribution in [0, 0.1) is 17.8 Å². The number of fused-ring (bicyclic) bond motifs is 2. The molecule has 126 valence electrons. The van der Waals surface area contributed by atoms with Crippen molar-refractivity contribution in [2.75, 3.05) is 12.4 Å². The lowest BCUT2D eigenvalue weighted by Crippen LogP contribution is -2.21. The maximum absolute atomic E-state index is 12.3. The zero-order chi connectivity index (χ0) is 16.6. The van der Waals surface area contributed by atoms with Gasteiger partial charge in [0.05, 0.1) is 17.7 Å². The molecule has 0 spiro atoms. The van der Waals surface area contributed by atoms with Gasteiger partial charge < -0.3 is 10.1 Å². The number of nitrogens with two attached hydrogens (primary N) is 1. The summed E-state index contributed by atoms with van der Waals surface area (Å²) in [5.74, 6) is 2.22. The third-order valence-corrected chi connectivity index (χ3v) is 6.02. The van der Waals surface area contributed by atoms with Crippen LogP contribution in [0.15, 0.2) is 23.1 Å². The van der Waals surface area contributed by atoms with Gasteiger partial charge in [0.1, 0.15) is 5.75 Å². The van der Waals surface area contributed by atoms with Crippen LogP contribution in [0.25, 0.3) is 0 Å². The molecule has 2 aliphatic rings. The molecule has 3 atom stereocenters. The van der Waals surface area contributed by atoms with Crippen LogP contribution in [-0.2, 0) is 14.8 Å². The summed E-state index contributed by atoms with van der Waals surface area (Å²) in [6.45, 7) is 0. The molecule has 2 aliphatic carbocycles. The Hall–Kier alpha value is -1.60. The molecule has 3 unspecified atom stereocenters. The van der Waals surface area contributed by atoms with Gasteiger partial charge in [-0.3, -0.25) is 4.79 Å². The first kappa shape index (κ1) is 16.3. The van der Waals surface area contributed by atoms with Crippen molar-refractivity contribution < 1.29 is 17.9 Å². The van der Waals surface area contributed by atoms with Gasteiger partial charge in [-0.15, -0.1) is 0 Å². The molecule has 0 aromatic heterocycles. The van der Waals surface area contributed by atoms with E-state index in [1.165, 1.54) is 44.6 Å². The van der Waals surface area contributed by atoms with E-state index < -0.39 is 10.0 Å². The second-order valence-electron chi connectivity index (χ2n) is 6.59. The summed E-state index contributed by atoms with van der Waals surface area (Å²) in [5.41, 5.74) is 0.340. The number of methoxy groups -OCH3 is 1. The summed E-state index contributed by atoms with van der Waals surface area (Å²) >= 11 is 0. The van der Waals surface area contributed by atoms with Crippen LogP contribution in [-0.4, -0.2) is 21.4 Å². The lowest BCUT2D eigenvalue weighted by molar-refractivity contribution is -0.117. The van der Waals surface area contributed by atoms with Crippen molar-refractivity contribution in [2.45, 2.75) is 37.0 Å². The predicted octanol–water partition coefficient (Wildman–Crippen LogP) is 2.11. The normalized spacial score (nSPS) is 26.3. The van der Waals surface area contributed by atoms with E-state index in [0.717, 1.165) is 12.3 Å². The highest BCUT2D eigenvalue weighted by Gasteiger charge is 2.40. The molecule has 1 amide bonds. The van der Waals surface area contributed by atoms with Crippen molar-refractivity contribution in [3.05, 3.63) is 18.2 Å². The average molecular weight is 338 g/mol. The van der Waals surface area contributed by atoms with Gasteiger partial charge >= 0.3 is 0 Å². The van der Waals surface area contributed by atoms with E-state index in [0.29, 0.717) is 29.7 Å². The number of amides is 1. The van der Waals surface area contributed by atoms with Gasteiger partial charge in [0.25, 0.3) is 0 Å². The van der Waals surface area contributed by atoms with Gasteiger partial charge in [-0.1, -0.05) is 6.42 Å². The molecule has 0 aliphatic heterocycles. The van der Waals surface area contributed by atoms with E-state index in [1.807, 2.05) is 0 Å². The Balaban J connectivity index is 1.72. The molecule has 6 nitrogen and oxygen atoms in total. The fourth-order valence-electron chi connectivity index (χ4n) is 4.03. The summed E-state index contributed by atoms with van der Waals surface area (Å²) in [5, 5.41) is 7.92. The SMILES string of the molecule is COc1ccc(S(N)(=O)=O)cc1NC(=O)CC1CC2CCC1C2. The minimum absolute atomic E-state index is 0.0477. The number of carbonyl (C=O) groups is 1. The minimum atomic E-state index is -3.82. The Morgan fingerprint density at radius 2 is 2.13 bits per heavy atom. The summed E-state index contributed by atoms with van der Waals surface area (Å²) < 4.78 is 28.1. The Bertz CT molecular complexity index is 717. The largest absolute Gasteiger partial charge is 0.495 e. The third-order valence-electron chi connectivity index (χ3n) is 5.11. The van der Waals surface area contributed by atoms with Crippen LogP contribution < -0.4 is 15.2 Å². The van der Waals surface area contributed by atoms with Crippen molar-refractivity contribution in [2.24, 2.45) is 22.9 Å². The van der Waals surface area contributed by atoms with Gasteiger partial charge in [-0.05, 0) is 55.2 Å². The number of hydrogen-bond acceptors (Lipinski definition) is 4. The number of primary sulfonamides is 1. The average Bonchev–Trinajstić information content (AvgIpc) is 3.08. The predicted molar refractivity (Wildman–Crippen MR) is 86.6 cm³/mol. The quantitative estimate of drug-likeness (QED) is 0.859. The molecule has 0 heterocycles. The van der Waals surface area contributed by atoms with E-state index in [9.17, 15) is 13.2 Å². The van der Waals surface area contributed by atoms with Crippen molar-refractivity contribution in [1.29, 1.82) is 0 Å². The van der Waals surface area contributed by atoms with Crippen LogP contribution in [0.4, 0.5) is 5.69 Å². The monoisotopic (exact) mass is 338 g/mol. The molecule has 1 aromatic rings. The van der Waals surface area contributed by atoms with Crippen LogP contribution >= 0.6 is 0 Å².